The molecule has 1 rings (SSSR count). The highest BCUT2D eigenvalue weighted by atomic mass is 16.5. The molecule has 5 nitrogen and oxygen atoms in total. The van der Waals surface area contributed by atoms with Crippen LogP contribution in [0.15, 0.2) is 18.2 Å². The summed E-state index contributed by atoms with van der Waals surface area (Å²) in [6.45, 7) is 0. The topological polar surface area (TPSA) is 72.8 Å². The van der Waals surface area contributed by atoms with Crippen LogP contribution in [-0.2, 0) is 4.79 Å². The van der Waals surface area contributed by atoms with E-state index in [0.717, 1.165) is 6.08 Å². The van der Waals surface area contributed by atoms with Crippen LogP contribution in [0.25, 0.3) is 6.08 Å². The molecule has 0 atom stereocenters. The van der Waals surface area contributed by atoms with Gasteiger partial charge in [0.05, 0.1) is 14.2 Å². The van der Waals surface area contributed by atoms with E-state index in [1.54, 1.807) is 6.07 Å². The average molecular weight is 236 g/mol. The van der Waals surface area contributed by atoms with Crippen LogP contribution in [0.1, 0.15) is 15.9 Å². The van der Waals surface area contributed by atoms with Gasteiger partial charge in [0.1, 0.15) is 11.5 Å². The lowest BCUT2D eigenvalue weighted by atomic mass is 10.1. The predicted octanol–water partition coefficient (Wildman–Crippen LogP) is 1.61. The van der Waals surface area contributed by atoms with Crippen molar-refractivity contribution in [3.63, 3.8) is 0 Å². The second-order valence-corrected chi connectivity index (χ2v) is 3.12. The molecule has 0 spiro atoms. The Kier molecular flexibility index (Phi) is 4.28. The van der Waals surface area contributed by atoms with Gasteiger partial charge >= 0.3 is 5.97 Å². The quantitative estimate of drug-likeness (QED) is 0.621. The molecular weight excluding hydrogens is 224 g/mol. The first kappa shape index (κ1) is 12.8. The minimum atomic E-state index is -1.10. The van der Waals surface area contributed by atoms with E-state index in [1.165, 1.54) is 26.4 Å². The molecule has 0 aliphatic carbocycles. The summed E-state index contributed by atoms with van der Waals surface area (Å²) in [5, 5.41) is 8.56. The van der Waals surface area contributed by atoms with Crippen LogP contribution < -0.4 is 9.47 Å². The van der Waals surface area contributed by atoms with Gasteiger partial charge in [-0.05, 0) is 12.1 Å². The molecule has 5 heteroatoms. The van der Waals surface area contributed by atoms with Gasteiger partial charge in [-0.1, -0.05) is 0 Å². The molecule has 1 aromatic rings. The third-order valence-electron chi connectivity index (χ3n) is 2.12. The third-order valence-corrected chi connectivity index (χ3v) is 2.12. The lowest BCUT2D eigenvalue weighted by molar-refractivity contribution is -0.131. The van der Waals surface area contributed by atoms with Crippen molar-refractivity contribution in [2.75, 3.05) is 14.2 Å². The molecule has 1 N–H and O–H groups in total. The van der Waals surface area contributed by atoms with Crippen molar-refractivity contribution in [2.24, 2.45) is 0 Å². The normalized spacial score (nSPS) is 10.2. The SMILES string of the molecule is COc1cc(C=O)c(/C=C/C(=O)O)c(OC)c1. The van der Waals surface area contributed by atoms with Crippen LogP contribution in [0.5, 0.6) is 11.5 Å². The molecule has 0 heterocycles. The number of carboxylic acid groups (broad SMARTS) is 1. The van der Waals surface area contributed by atoms with Crippen LogP contribution >= 0.6 is 0 Å². The van der Waals surface area contributed by atoms with E-state index in [9.17, 15) is 9.59 Å². The molecule has 1 aromatic carbocycles. The number of carbonyl (C=O) groups is 2. The first-order valence-corrected chi connectivity index (χ1v) is 4.74. The van der Waals surface area contributed by atoms with Crippen molar-refractivity contribution in [1.82, 2.24) is 0 Å². The molecule has 0 amide bonds. The molecule has 90 valence electrons. The molecule has 0 aliphatic heterocycles. The van der Waals surface area contributed by atoms with Crippen LogP contribution in [0.3, 0.4) is 0 Å². The van der Waals surface area contributed by atoms with E-state index in [1.807, 2.05) is 0 Å². The van der Waals surface area contributed by atoms with Gasteiger partial charge in [-0.3, -0.25) is 4.79 Å². The highest BCUT2D eigenvalue weighted by Crippen LogP contribution is 2.29. The molecule has 0 saturated carbocycles. The third kappa shape index (κ3) is 3.07. The van der Waals surface area contributed by atoms with E-state index in [-0.39, 0.29) is 0 Å². The zero-order valence-electron chi connectivity index (χ0n) is 9.47. The Morgan fingerprint density at radius 3 is 2.47 bits per heavy atom. The Hall–Kier alpha value is -2.30. The number of ether oxygens (including phenoxy) is 2. The summed E-state index contributed by atoms with van der Waals surface area (Å²) in [6, 6.07) is 3.09. The lowest BCUT2D eigenvalue weighted by Crippen LogP contribution is -1.96. The molecule has 0 unspecified atom stereocenters. The second-order valence-electron chi connectivity index (χ2n) is 3.12. The summed E-state index contributed by atoms with van der Waals surface area (Å²) in [6.07, 6.45) is 2.87. The maximum Gasteiger partial charge on any atom is 0.328 e. The van der Waals surface area contributed by atoms with Crippen LogP contribution in [0.4, 0.5) is 0 Å². The molecule has 0 aliphatic rings. The summed E-state index contributed by atoms with van der Waals surface area (Å²) >= 11 is 0. The maximum atomic E-state index is 10.9. The van der Waals surface area contributed by atoms with Crippen molar-refractivity contribution < 1.29 is 24.2 Å². The number of carboxylic acids is 1. The standard InChI is InChI=1S/C12H12O5/c1-16-9-5-8(7-13)10(3-4-12(14)15)11(6-9)17-2/h3-7H,1-2H3,(H,14,15)/b4-3+. The van der Waals surface area contributed by atoms with Crippen molar-refractivity contribution in [3.8, 4) is 11.5 Å². The number of aliphatic carboxylic acids is 1. The molecule has 0 aromatic heterocycles. The molecule has 0 fully saturated rings. The Morgan fingerprint density at radius 1 is 1.29 bits per heavy atom. The molecule has 0 saturated heterocycles. The number of hydrogen-bond donors (Lipinski definition) is 1. The van der Waals surface area contributed by atoms with Gasteiger partial charge in [-0.2, -0.15) is 0 Å². The fraction of sp³-hybridized carbons (Fsp3) is 0.167. The Bertz CT molecular complexity index is 462. The molecule has 17 heavy (non-hydrogen) atoms. The van der Waals surface area contributed by atoms with Crippen molar-refractivity contribution >= 4 is 18.3 Å². The summed E-state index contributed by atoms with van der Waals surface area (Å²) in [4.78, 5) is 21.4. The first-order valence-electron chi connectivity index (χ1n) is 4.74. The second kappa shape index (κ2) is 5.69. The minimum Gasteiger partial charge on any atom is -0.497 e. The van der Waals surface area contributed by atoms with Gasteiger partial charge in [0.2, 0.25) is 0 Å². The van der Waals surface area contributed by atoms with Crippen molar-refractivity contribution in [2.45, 2.75) is 0 Å². The average Bonchev–Trinajstić information content (AvgIpc) is 2.34. The van der Waals surface area contributed by atoms with Gasteiger partial charge in [-0.15, -0.1) is 0 Å². The first-order chi connectivity index (χ1) is 8.12. The Labute approximate surface area is 98.3 Å². The smallest absolute Gasteiger partial charge is 0.328 e. The number of carbonyl (C=O) groups excluding carboxylic acids is 1. The largest absolute Gasteiger partial charge is 0.497 e. The molecular formula is C12H12O5. The fourth-order valence-corrected chi connectivity index (χ4v) is 1.34. The van der Waals surface area contributed by atoms with E-state index in [4.69, 9.17) is 14.6 Å². The monoisotopic (exact) mass is 236 g/mol. The predicted molar refractivity (Wildman–Crippen MR) is 61.6 cm³/mol. The fourth-order valence-electron chi connectivity index (χ4n) is 1.34. The van der Waals surface area contributed by atoms with Gasteiger partial charge in [0.25, 0.3) is 0 Å². The summed E-state index contributed by atoms with van der Waals surface area (Å²) in [7, 11) is 2.90. The number of rotatable bonds is 5. The summed E-state index contributed by atoms with van der Waals surface area (Å²) in [5.41, 5.74) is 0.712. The van der Waals surface area contributed by atoms with Gasteiger partial charge in [0, 0.05) is 23.3 Å². The summed E-state index contributed by atoms with van der Waals surface area (Å²) in [5.74, 6) is -0.250. The number of benzene rings is 1. The van der Waals surface area contributed by atoms with Crippen LogP contribution in [0, 0.1) is 0 Å². The van der Waals surface area contributed by atoms with Gasteiger partial charge in [-0.25, -0.2) is 4.79 Å². The maximum absolute atomic E-state index is 10.9. The number of aldehydes is 1. The van der Waals surface area contributed by atoms with Gasteiger partial charge in [0.15, 0.2) is 6.29 Å². The Balaban J connectivity index is 3.34. The van der Waals surface area contributed by atoms with Crippen LogP contribution in [0.2, 0.25) is 0 Å². The van der Waals surface area contributed by atoms with Crippen molar-refractivity contribution in [3.05, 3.63) is 29.3 Å². The molecule has 0 bridgehead atoms. The van der Waals surface area contributed by atoms with Crippen LogP contribution in [-0.4, -0.2) is 31.6 Å². The lowest BCUT2D eigenvalue weighted by Gasteiger charge is -2.09. The highest BCUT2D eigenvalue weighted by Gasteiger charge is 2.09. The Morgan fingerprint density at radius 2 is 2.00 bits per heavy atom. The zero-order valence-corrected chi connectivity index (χ0v) is 9.47. The van der Waals surface area contributed by atoms with Gasteiger partial charge < -0.3 is 14.6 Å². The van der Waals surface area contributed by atoms with Crippen molar-refractivity contribution in [1.29, 1.82) is 0 Å². The minimum absolute atomic E-state index is 0.304. The number of methoxy groups -OCH3 is 2. The van der Waals surface area contributed by atoms with E-state index in [0.29, 0.717) is 28.9 Å². The molecule has 0 radical (unpaired) electrons. The van der Waals surface area contributed by atoms with E-state index >= 15 is 0 Å². The summed E-state index contributed by atoms with van der Waals surface area (Å²) < 4.78 is 10.1. The van der Waals surface area contributed by atoms with E-state index < -0.39 is 5.97 Å². The number of hydrogen-bond acceptors (Lipinski definition) is 4. The van der Waals surface area contributed by atoms with E-state index in [2.05, 4.69) is 0 Å². The zero-order chi connectivity index (χ0) is 12.8. The highest BCUT2D eigenvalue weighted by molar-refractivity contribution is 5.91.